The van der Waals surface area contributed by atoms with Gasteiger partial charge in [-0.2, -0.15) is 0 Å². The fourth-order valence-electron chi connectivity index (χ4n) is 0.958. The summed E-state index contributed by atoms with van der Waals surface area (Å²) in [4.78, 5) is 35.7. The number of ether oxygens (including phenoxy) is 2. The first-order valence-corrected chi connectivity index (χ1v) is 4.68. The minimum Gasteiger partial charge on any atom is -0.424 e. The average Bonchev–Trinajstić information content (AvgIpc) is 2.38. The van der Waals surface area contributed by atoms with Crippen molar-refractivity contribution >= 4 is 18.4 Å². The molecule has 0 saturated carbocycles. The van der Waals surface area contributed by atoms with Gasteiger partial charge < -0.3 is 19.7 Å². The Morgan fingerprint density at radius 3 is 2.28 bits per heavy atom. The van der Waals surface area contributed by atoms with E-state index >= 15 is 0 Å². The van der Waals surface area contributed by atoms with Crippen LogP contribution in [0.2, 0.25) is 0 Å². The lowest BCUT2D eigenvalue weighted by Gasteiger charge is -2.13. The number of carbonyl (C=O) groups is 3. The van der Waals surface area contributed by atoms with Crippen LogP contribution < -0.4 is 4.74 Å². The second kappa shape index (κ2) is 6.42. The number of aliphatic hydroxyl groups is 2. The van der Waals surface area contributed by atoms with Crippen LogP contribution in [0.5, 0.6) is 5.75 Å². The van der Waals surface area contributed by atoms with Gasteiger partial charge in [0.15, 0.2) is 12.2 Å². The molecule has 1 rings (SSSR count). The summed E-state index contributed by atoms with van der Waals surface area (Å²) in [6.07, 6.45) is -1.69. The highest BCUT2D eigenvalue weighted by atomic mass is 16.6. The van der Waals surface area contributed by atoms with E-state index in [2.05, 4.69) is 14.5 Å². The van der Waals surface area contributed by atoms with Gasteiger partial charge in [-0.05, 0) is 12.1 Å². The minimum atomic E-state index is -2.20. The summed E-state index contributed by atoms with van der Waals surface area (Å²) in [6, 6.07) is 2.67. The molecule has 1 aromatic rings. The van der Waals surface area contributed by atoms with E-state index in [9.17, 15) is 19.5 Å². The summed E-state index contributed by atoms with van der Waals surface area (Å²) in [6.45, 7) is -0.230. The molecule has 96 valence electrons. The molecule has 8 nitrogen and oxygen atoms in total. The summed E-state index contributed by atoms with van der Waals surface area (Å²) < 4.78 is 8.42. The molecule has 2 unspecified atom stereocenters. The fourth-order valence-corrected chi connectivity index (χ4v) is 0.958. The summed E-state index contributed by atoms with van der Waals surface area (Å²) >= 11 is 0. The highest BCUT2D eigenvalue weighted by molar-refractivity contribution is 5.88. The van der Waals surface area contributed by atoms with E-state index in [1.54, 1.807) is 0 Å². The Bertz CT molecular complexity index is 433. The first-order chi connectivity index (χ1) is 8.56. The van der Waals surface area contributed by atoms with Gasteiger partial charge in [0, 0.05) is 12.4 Å². The van der Waals surface area contributed by atoms with Gasteiger partial charge >= 0.3 is 18.4 Å². The molecule has 0 fully saturated rings. The molecule has 2 N–H and O–H groups in total. The lowest BCUT2D eigenvalue weighted by molar-refractivity contribution is -0.170. The molecule has 2 atom stereocenters. The maximum Gasteiger partial charge on any atom is 0.345 e. The average molecular weight is 255 g/mol. The molecule has 1 aromatic heterocycles. The molecule has 0 radical (unpaired) electrons. The van der Waals surface area contributed by atoms with Crippen LogP contribution in [0, 0.1) is 0 Å². The van der Waals surface area contributed by atoms with E-state index in [0.717, 1.165) is 0 Å². The smallest absolute Gasteiger partial charge is 0.345 e. The van der Waals surface area contributed by atoms with Crippen LogP contribution in [-0.4, -0.2) is 45.8 Å². The number of aromatic nitrogens is 1. The van der Waals surface area contributed by atoms with E-state index in [4.69, 9.17) is 5.11 Å². The van der Waals surface area contributed by atoms with Gasteiger partial charge in [-0.15, -0.1) is 0 Å². The number of hydrogen-bond acceptors (Lipinski definition) is 8. The lowest BCUT2D eigenvalue weighted by atomic mass is 10.2. The Morgan fingerprint density at radius 2 is 1.72 bits per heavy atom. The third kappa shape index (κ3) is 3.61. The van der Waals surface area contributed by atoms with E-state index < -0.39 is 24.1 Å². The second-order valence-corrected chi connectivity index (χ2v) is 3.03. The van der Waals surface area contributed by atoms with Crippen molar-refractivity contribution in [2.45, 2.75) is 12.2 Å². The molecule has 0 saturated heterocycles. The molecule has 0 aromatic carbocycles. The van der Waals surface area contributed by atoms with Gasteiger partial charge in [0.25, 0.3) is 0 Å². The SMILES string of the molecule is O=COC(=O)C(O)C(O)C(=O)Oc1ccncc1. The minimum absolute atomic E-state index is 0.0741. The fraction of sp³-hybridized carbons (Fsp3) is 0.200. The highest BCUT2D eigenvalue weighted by Gasteiger charge is 2.33. The van der Waals surface area contributed by atoms with Crippen molar-refractivity contribution in [3.63, 3.8) is 0 Å². The number of pyridine rings is 1. The zero-order valence-corrected chi connectivity index (χ0v) is 8.92. The Morgan fingerprint density at radius 1 is 1.17 bits per heavy atom. The number of rotatable bonds is 5. The Hall–Kier alpha value is -2.32. The van der Waals surface area contributed by atoms with E-state index in [-0.39, 0.29) is 12.2 Å². The molecular formula is C10H9NO7. The molecule has 18 heavy (non-hydrogen) atoms. The Balaban J connectivity index is 2.61. The van der Waals surface area contributed by atoms with Crippen molar-refractivity contribution in [2.24, 2.45) is 0 Å². The molecule has 0 aliphatic carbocycles. The Labute approximate surface area is 101 Å². The van der Waals surface area contributed by atoms with Crippen LogP contribution >= 0.6 is 0 Å². The van der Waals surface area contributed by atoms with Crippen molar-refractivity contribution in [3.05, 3.63) is 24.5 Å². The topological polar surface area (TPSA) is 123 Å². The second-order valence-electron chi connectivity index (χ2n) is 3.03. The zero-order valence-electron chi connectivity index (χ0n) is 8.92. The first-order valence-electron chi connectivity index (χ1n) is 4.68. The molecule has 0 amide bonds. The monoisotopic (exact) mass is 255 g/mol. The van der Waals surface area contributed by atoms with Gasteiger partial charge in [0.05, 0.1) is 0 Å². The first kappa shape index (κ1) is 13.7. The number of hydrogen-bond donors (Lipinski definition) is 2. The maximum atomic E-state index is 11.3. The quantitative estimate of drug-likeness (QED) is 0.366. The van der Waals surface area contributed by atoms with Crippen LogP contribution in [0.15, 0.2) is 24.5 Å². The summed E-state index contributed by atoms with van der Waals surface area (Å²) in [5.41, 5.74) is 0. The molecule has 8 heteroatoms. The van der Waals surface area contributed by atoms with E-state index in [1.807, 2.05) is 0 Å². The third-order valence-electron chi connectivity index (χ3n) is 1.81. The number of carbonyl (C=O) groups excluding carboxylic acids is 3. The van der Waals surface area contributed by atoms with Crippen LogP contribution in [0.3, 0.4) is 0 Å². The van der Waals surface area contributed by atoms with Crippen molar-refractivity contribution < 1.29 is 34.1 Å². The predicted molar refractivity (Wildman–Crippen MR) is 54.0 cm³/mol. The standard InChI is InChI=1S/C10H9NO7/c12-5-17-9(15)7(13)8(14)10(16)18-6-1-3-11-4-2-6/h1-5,7-8,13-14H. The summed E-state index contributed by atoms with van der Waals surface area (Å²) in [5.74, 6) is -2.65. The molecule has 0 aliphatic heterocycles. The molecule has 0 spiro atoms. The third-order valence-corrected chi connectivity index (χ3v) is 1.81. The molecule has 1 heterocycles. The van der Waals surface area contributed by atoms with Crippen molar-refractivity contribution in [1.29, 1.82) is 0 Å². The number of aliphatic hydroxyl groups excluding tert-OH is 2. The van der Waals surface area contributed by atoms with Crippen molar-refractivity contribution in [3.8, 4) is 5.75 Å². The van der Waals surface area contributed by atoms with Crippen LogP contribution in [0.1, 0.15) is 0 Å². The summed E-state index contributed by atoms with van der Waals surface area (Å²) in [7, 11) is 0. The van der Waals surface area contributed by atoms with Gasteiger partial charge in [0.1, 0.15) is 5.75 Å². The predicted octanol–water partition coefficient (Wildman–Crippen LogP) is -1.59. The van der Waals surface area contributed by atoms with E-state index in [0.29, 0.717) is 0 Å². The highest BCUT2D eigenvalue weighted by Crippen LogP contribution is 2.09. The van der Waals surface area contributed by atoms with E-state index in [1.165, 1.54) is 24.5 Å². The van der Waals surface area contributed by atoms with Gasteiger partial charge in [-0.3, -0.25) is 9.78 Å². The van der Waals surface area contributed by atoms with Crippen LogP contribution in [0.25, 0.3) is 0 Å². The van der Waals surface area contributed by atoms with Gasteiger partial charge in [-0.1, -0.05) is 0 Å². The maximum absolute atomic E-state index is 11.3. The molecule has 0 aliphatic rings. The van der Waals surface area contributed by atoms with Crippen molar-refractivity contribution in [2.75, 3.05) is 0 Å². The van der Waals surface area contributed by atoms with Gasteiger partial charge in [-0.25, -0.2) is 9.59 Å². The normalized spacial score (nSPS) is 13.2. The molecule has 0 bridgehead atoms. The van der Waals surface area contributed by atoms with Crippen LogP contribution in [0.4, 0.5) is 0 Å². The number of nitrogens with zero attached hydrogens (tertiary/aromatic N) is 1. The van der Waals surface area contributed by atoms with Crippen LogP contribution in [-0.2, 0) is 19.1 Å². The van der Waals surface area contributed by atoms with Crippen molar-refractivity contribution in [1.82, 2.24) is 4.98 Å². The molecular weight excluding hydrogens is 246 g/mol. The zero-order chi connectivity index (χ0) is 13.5. The largest absolute Gasteiger partial charge is 0.424 e. The Kier molecular flexibility index (Phi) is 4.90. The number of esters is 2. The lowest BCUT2D eigenvalue weighted by Crippen LogP contribution is -2.42. The summed E-state index contributed by atoms with van der Waals surface area (Å²) in [5, 5.41) is 18.5. The van der Waals surface area contributed by atoms with Gasteiger partial charge in [0.2, 0.25) is 0 Å².